The fourth-order valence-corrected chi connectivity index (χ4v) is 4.20. The molecular formula is C29H28ClNO3. The second-order valence-corrected chi connectivity index (χ2v) is 8.89. The number of rotatable bonds is 6. The Bertz CT molecular complexity index is 1400. The van der Waals surface area contributed by atoms with Crippen LogP contribution < -0.4 is 10.1 Å². The topological polar surface area (TPSA) is 51.5 Å². The molecule has 0 aliphatic heterocycles. The molecule has 1 amide bonds. The number of benzene rings is 3. The third kappa shape index (κ3) is 4.73. The zero-order chi connectivity index (χ0) is 24.4. The highest BCUT2D eigenvalue weighted by molar-refractivity contribution is 6.31. The number of fused-ring (bicyclic) bond motifs is 1. The molecule has 0 bridgehead atoms. The van der Waals surface area contributed by atoms with E-state index in [9.17, 15) is 4.79 Å². The first-order valence-electron chi connectivity index (χ1n) is 11.3. The molecule has 0 saturated heterocycles. The lowest BCUT2D eigenvalue weighted by atomic mass is 9.96. The second-order valence-electron chi connectivity index (χ2n) is 8.48. The Balaban J connectivity index is 1.76. The molecule has 4 nitrogen and oxygen atoms in total. The number of carbonyl (C=O) groups excluding carboxylic acids is 1. The number of anilines is 1. The van der Waals surface area contributed by atoms with Crippen LogP contribution in [0.4, 0.5) is 5.69 Å². The maximum Gasteiger partial charge on any atom is 0.248 e. The fourth-order valence-electron chi connectivity index (χ4n) is 4.02. The summed E-state index contributed by atoms with van der Waals surface area (Å²) in [4.78, 5) is 12.8. The molecule has 0 unspecified atom stereocenters. The average molecular weight is 474 g/mol. The summed E-state index contributed by atoms with van der Waals surface area (Å²) in [6.45, 7) is 10.3. The van der Waals surface area contributed by atoms with Gasteiger partial charge in [0.15, 0.2) is 0 Å². The van der Waals surface area contributed by atoms with Crippen molar-refractivity contribution in [3.05, 3.63) is 88.1 Å². The number of hydrogen-bond acceptors (Lipinski definition) is 3. The quantitative estimate of drug-likeness (QED) is 0.287. The molecule has 0 atom stereocenters. The van der Waals surface area contributed by atoms with Crippen molar-refractivity contribution < 1.29 is 13.9 Å². The highest BCUT2D eigenvalue weighted by Crippen LogP contribution is 2.40. The molecule has 1 heterocycles. The van der Waals surface area contributed by atoms with Crippen molar-refractivity contribution in [1.29, 1.82) is 0 Å². The van der Waals surface area contributed by atoms with E-state index in [1.165, 1.54) is 5.56 Å². The van der Waals surface area contributed by atoms with Gasteiger partial charge in [0.25, 0.3) is 0 Å². The van der Waals surface area contributed by atoms with Gasteiger partial charge in [-0.25, -0.2) is 0 Å². The van der Waals surface area contributed by atoms with Crippen LogP contribution >= 0.6 is 11.6 Å². The molecular weight excluding hydrogens is 446 g/mol. The van der Waals surface area contributed by atoms with Crippen molar-refractivity contribution >= 4 is 39.7 Å². The van der Waals surface area contributed by atoms with E-state index in [1.807, 2.05) is 45.9 Å². The number of nitrogens with one attached hydrogen (secondary N) is 1. The first-order chi connectivity index (χ1) is 16.3. The van der Waals surface area contributed by atoms with Crippen molar-refractivity contribution in [2.75, 3.05) is 11.9 Å². The predicted octanol–water partition coefficient (Wildman–Crippen LogP) is 8.12. The van der Waals surface area contributed by atoms with Crippen LogP contribution in [0.15, 0.2) is 65.3 Å². The molecule has 0 aliphatic carbocycles. The SMILES string of the molecule is CCOc1c(/C(C)=C/C(=O)Nc2ccc(C)c(Cl)c2)cc2c(-c3ccc(C)cc3)coc2c1C. The minimum Gasteiger partial charge on any atom is -0.493 e. The van der Waals surface area contributed by atoms with Crippen LogP contribution in [0.2, 0.25) is 5.02 Å². The summed E-state index contributed by atoms with van der Waals surface area (Å²) in [6, 6.07) is 15.9. The minimum atomic E-state index is -0.233. The number of aryl methyl sites for hydroxylation is 3. The van der Waals surface area contributed by atoms with Gasteiger partial charge in [-0.15, -0.1) is 0 Å². The molecule has 0 radical (unpaired) electrons. The predicted molar refractivity (Wildman–Crippen MR) is 141 cm³/mol. The lowest BCUT2D eigenvalue weighted by Gasteiger charge is -2.15. The van der Waals surface area contributed by atoms with Crippen LogP contribution in [-0.2, 0) is 4.79 Å². The van der Waals surface area contributed by atoms with E-state index >= 15 is 0 Å². The Hall–Kier alpha value is -3.50. The van der Waals surface area contributed by atoms with E-state index in [0.717, 1.165) is 50.1 Å². The number of ether oxygens (including phenoxy) is 1. The Kier molecular flexibility index (Phi) is 6.80. The zero-order valence-electron chi connectivity index (χ0n) is 20.1. The summed E-state index contributed by atoms with van der Waals surface area (Å²) in [5, 5.41) is 4.49. The summed E-state index contributed by atoms with van der Waals surface area (Å²) < 4.78 is 12.0. The van der Waals surface area contributed by atoms with Gasteiger partial charge in [-0.1, -0.05) is 47.5 Å². The molecule has 3 aromatic carbocycles. The Labute approximate surface area is 205 Å². The summed E-state index contributed by atoms with van der Waals surface area (Å²) in [5.41, 5.74) is 8.24. The van der Waals surface area contributed by atoms with Crippen molar-refractivity contribution in [3.63, 3.8) is 0 Å². The standard InChI is InChI=1S/C29H28ClNO3/c1-6-33-28-20(5)29-24(25(16-34-29)21-10-7-17(2)8-11-21)15-23(28)19(4)13-27(32)31-22-12-9-18(3)26(30)14-22/h7-16H,6H2,1-5H3,(H,31,32)/b19-13+. The van der Waals surface area contributed by atoms with E-state index < -0.39 is 0 Å². The number of halogens is 1. The van der Waals surface area contributed by atoms with Gasteiger partial charge in [0, 0.05) is 38.9 Å². The maximum atomic E-state index is 12.8. The van der Waals surface area contributed by atoms with Crippen LogP contribution in [0.3, 0.4) is 0 Å². The minimum absolute atomic E-state index is 0.233. The van der Waals surface area contributed by atoms with E-state index in [1.54, 1.807) is 18.4 Å². The Morgan fingerprint density at radius 3 is 2.50 bits per heavy atom. The van der Waals surface area contributed by atoms with Gasteiger partial charge in [-0.05, 0) is 69.5 Å². The highest BCUT2D eigenvalue weighted by Gasteiger charge is 2.19. The third-order valence-corrected chi connectivity index (χ3v) is 6.31. The van der Waals surface area contributed by atoms with E-state index in [4.69, 9.17) is 20.8 Å². The average Bonchev–Trinajstić information content (AvgIpc) is 3.23. The Morgan fingerprint density at radius 2 is 1.82 bits per heavy atom. The van der Waals surface area contributed by atoms with Crippen LogP contribution in [0.5, 0.6) is 5.75 Å². The first kappa shape index (κ1) is 23.7. The van der Waals surface area contributed by atoms with Gasteiger partial charge in [0.1, 0.15) is 11.3 Å². The third-order valence-electron chi connectivity index (χ3n) is 5.91. The molecule has 0 fully saturated rings. The monoisotopic (exact) mass is 473 g/mol. The molecule has 1 aromatic heterocycles. The number of amides is 1. The van der Waals surface area contributed by atoms with E-state index in [2.05, 4.69) is 36.5 Å². The molecule has 0 saturated carbocycles. The van der Waals surface area contributed by atoms with Gasteiger partial charge in [0.05, 0.1) is 12.9 Å². The van der Waals surface area contributed by atoms with Crippen molar-refractivity contribution in [2.24, 2.45) is 0 Å². The maximum absolute atomic E-state index is 12.8. The molecule has 5 heteroatoms. The number of carbonyl (C=O) groups is 1. The second kappa shape index (κ2) is 9.78. The lowest BCUT2D eigenvalue weighted by Crippen LogP contribution is -2.09. The molecule has 1 N–H and O–H groups in total. The van der Waals surface area contributed by atoms with Gasteiger partial charge < -0.3 is 14.5 Å². The molecule has 34 heavy (non-hydrogen) atoms. The van der Waals surface area contributed by atoms with Crippen LogP contribution in [0.25, 0.3) is 27.7 Å². The van der Waals surface area contributed by atoms with Crippen LogP contribution in [0, 0.1) is 20.8 Å². The largest absolute Gasteiger partial charge is 0.493 e. The van der Waals surface area contributed by atoms with Gasteiger partial charge in [-0.3, -0.25) is 4.79 Å². The van der Waals surface area contributed by atoms with E-state index in [0.29, 0.717) is 17.3 Å². The Morgan fingerprint density at radius 1 is 1.09 bits per heavy atom. The molecule has 174 valence electrons. The summed E-state index contributed by atoms with van der Waals surface area (Å²) in [7, 11) is 0. The number of furan rings is 1. The molecule has 0 spiro atoms. The normalized spacial score (nSPS) is 11.6. The molecule has 0 aliphatic rings. The lowest BCUT2D eigenvalue weighted by molar-refractivity contribution is -0.111. The summed E-state index contributed by atoms with van der Waals surface area (Å²) in [5.74, 6) is 0.489. The molecule has 4 rings (SSSR count). The molecule has 4 aromatic rings. The van der Waals surface area contributed by atoms with Crippen LogP contribution in [-0.4, -0.2) is 12.5 Å². The van der Waals surface area contributed by atoms with Crippen LogP contribution in [0.1, 0.15) is 36.1 Å². The van der Waals surface area contributed by atoms with Crippen molar-refractivity contribution in [3.8, 4) is 16.9 Å². The van der Waals surface area contributed by atoms with E-state index in [-0.39, 0.29) is 5.91 Å². The van der Waals surface area contributed by atoms with Crippen molar-refractivity contribution in [2.45, 2.75) is 34.6 Å². The van der Waals surface area contributed by atoms with Gasteiger partial charge in [-0.2, -0.15) is 0 Å². The van der Waals surface area contributed by atoms with Crippen molar-refractivity contribution in [1.82, 2.24) is 0 Å². The number of hydrogen-bond donors (Lipinski definition) is 1. The summed E-state index contributed by atoms with van der Waals surface area (Å²) >= 11 is 6.20. The smallest absolute Gasteiger partial charge is 0.248 e. The fraction of sp³-hybridized carbons (Fsp3) is 0.207. The summed E-state index contributed by atoms with van der Waals surface area (Å²) in [6.07, 6.45) is 3.37. The number of allylic oxidation sites excluding steroid dienone is 1. The highest BCUT2D eigenvalue weighted by atomic mass is 35.5. The first-order valence-corrected chi connectivity index (χ1v) is 11.7. The zero-order valence-corrected chi connectivity index (χ0v) is 20.8. The van der Waals surface area contributed by atoms with Gasteiger partial charge >= 0.3 is 0 Å². The van der Waals surface area contributed by atoms with Gasteiger partial charge in [0.2, 0.25) is 5.91 Å².